The Kier molecular flexibility index (Phi) is 3.68. The Bertz CT molecular complexity index is 235. The molecule has 0 aliphatic heterocycles. The average Bonchev–Trinajstić information content (AvgIpc) is 2.06. The first-order chi connectivity index (χ1) is 5.74. The lowest BCUT2D eigenvalue weighted by Crippen LogP contribution is -2.04. The van der Waals surface area contributed by atoms with E-state index < -0.39 is 6.10 Å². The first-order valence-electron chi connectivity index (χ1n) is 3.44. The monoisotopic (exact) mass is 232 g/mol. The number of aliphatic hydroxyl groups is 1. The van der Waals surface area contributed by atoms with Crippen LogP contribution in [-0.2, 0) is 4.89 Å². The molecule has 1 atom stereocenters. The van der Waals surface area contributed by atoms with Crippen molar-refractivity contribution in [3.05, 3.63) is 34.3 Å². The molecule has 0 bridgehead atoms. The molecule has 1 rings (SSSR count). The summed E-state index contributed by atoms with van der Waals surface area (Å²) in [5.41, 5.74) is 0.715. The molecule has 0 aliphatic carbocycles. The molecule has 0 saturated heterocycles. The Morgan fingerprint density at radius 1 is 1.33 bits per heavy atom. The molecule has 1 unspecified atom stereocenters. The molecule has 0 spiro atoms. The number of aliphatic hydroxyl groups excluding tert-OH is 1. The fourth-order valence-electron chi connectivity index (χ4n) is 0.852. The van der Waals surface area contributed by atoms with Gasteiger partial charge in [-0.3, -0.25) is 5.26 Å². The van der Waals surface area contributed by atoms with E-state index >= 15 is 0 Å². The second kappa shape index (κ2) is 4.57. The Balaban J connectivity index is 2.68. The lowest BCUT2D eigenvalue weighted by atomic mass is 10.1. The first kappa shape index (κ1) is 9.67. The van der Waals surface area contributed by atoms with Gasteiger partial charge in [-0.2, -0.15) is 0 Å². The molecule has 0 heterocycles. The smallest absolute Gasteiger partial charge is 0.112 e. The summed E-state index contributed by atoms with van der Waals surface area (Å²) in [4.78, 5) is 3.83. The fourth-order valence-corrected chi connectivity index (χ4v) is 1.12. The standard InChI is InChI=1S/C8H9BrO3/c9-7-3-1-6(2-4-7)8(10)5-12-11/h1-4,8,10-11H,5H2. The second-order valence-corrected chi connectivity index (χ2v) is 3.28. The van der Waals surface area contributed by atoms with Gasteiger partial charge in [-0.05, 0) is 17.7 Å². The Morgan fingerprint density at radius 3 is 2.42 bits per heavy atom. The van der Waals surface area contributed by atoms with Crippen LogP contribution in [0.15, 0.2) is 28.7 Å². The molecular formula is C8H9BrO3. The first-order valence-corrected chi connectivity index (χ1v) is 4.23. The molecule has 0 fully saturated rings. The van der Waals surface area contributed by atoms with E-state index in [-0.39, 0.29) is 6.61 Å². The summed E-state index contributed by atoms with van der Waals surface area (Å²) in [7, 11) is 0. The van der Waals surface area contributed by atoms with E-state index in [0.717, 1.165) is 4.47 Å². The van der Waals surface area contributed by atoms with Gasteiger partial charge in [-0.25, -0.2) is 4.89 Å². The molecule has 1 aromatic carbocycles. The summed E-state index contributed by atoms with van der Waals surface area (Å²) >= 11 is 3.27. The van der Waals surface area contributed by atoms with E-state index in [2.05, 4.69) is 20.8 Å². The van der Waals surface area contributed by atoms with Crippen LogP contribution in [0.25, 0.3) is 0 Å². The van der Waals surface area contributed by atoms with Gasteiger partial charge in [0.2, 0.25) is 0 Å². The third-order valence-electron chi connectivity index (χ3n) is 1.49. The highest BCUT2D eigenvalue weighted by molar-refractivity contribution is 9.10. The molecule has 0 aliphatic rings. The van der Waals surface area contributed by atoms with Gasteiger partial charge in [0, 0.05) is 4.47 Å². The summed E-state index contributed by atoms with van der Waals surface area (Å²) in [5, 5.41) is 17.4. The number of halogens is 1. The molecule has 0 aromatic heterocycles. The van der Waals surface area contributed by atoms with Crippen LogP contribution < -0.4 is 0 Å². The quantitative estimate of drug-likeness (QED) is 0.619. The summed E-state index contributed by atoms with van der Waals surface area (Å²) < 4.78 is 0.948. The fraction of sp³-hybridized carbons (Fsp3) is 0.250. The molecule has 2 N–H and O–H groups in total. The Morgan fingerprint density at radius 2 is 1.92 bits per heavy atom. The van der Waals surface area contributed by atoms with Crippen molar-refractivity contribution in [2.24, 2.45) is 0 Å². The van der Waals surface area contributed by atoms with Crippen LogP contribution in [0.4, 0.5) is 0 Å². The lowest BCUT2D eigenvalue weighted by molar-refractivity contribution is -0.257. The molecule has 0 radical (unpaired) electrons. The minimum absolute atomic E-state index is 0.109. The van der Waals surface area contributed by atoms with Crippen molar-refractivity contribution in [1.82, 2.24) is 0 Å². The topological polar surface area (TPSA) is 49.7 Å². The number of benzene rings is 1. The van der Waals surface area contributed by atoms with Crippen LogP contribution in [-0.4, -0.2) is 17.0 Å². The van der Waals surface area contributed by atoms with Crippen LogP contribution in [0.2, 0.25) is 0 Å². The molecular weight excluding hydrogens is 224 g/mol. The summed E-state index contributed by atoms with van der Waals surface area (Å²) in [6, 6.07) is 7.15. The summed E-state index contributed by atoms with van der Waals surface area (Å²) in [5.74, 6) is 0. The summed E-state index contributed by atoms with van der Waals surface area (Å²) in [6.45, 7) is -0.109. The molecule has 66 valence electrons. The molecule has 3 nitrogen and oxygen atoms in total. The van der Waals surface area contributed by atoms with E-state index in [4.69, 9.17) is 5.26 Å². The van der Waals surface area contributed by atoms with Gasteiger partial charge in [0.15, 0.2) is 0 Å². The van der Waals surface area contributed by atoms with E-state index in [1.54, 1.807) is 12.1 Å². The molecule has 12 heavy (non-hydrogen) atoms. The third-order valence-corrected chi connectivity index (χ3v) is 2.02. The van der Waals surface area contributed by atoms with Gasteiger partial charge >= 0.3 is 0 Å². The lowest BCUT2D eigenvalue weighted by Gasteiger charge is -2.07. The van der Waals surface area contributed by atoms with Gasteiger partial charge in [0.1, 0.15) is 12.7 Å². The van der Waals surface area contributed by atoms with Crippen molar-refractivity contribution in [3.63, 3.8) is 0 Å². The minimum atomic E-state index is -0.775. The highest BCUT2D eigenvalue weighted by Gasteiger charge is 2.06. The van der Waals surface area contributed by atoms with Crippen LogP contribution in [0.3, 0.4) is 0 Å². The minimum Gasteiger partial charge on any atom is -0.386 e. The predicted molar refractivity (Wildman–Crippen MR) is 47.7 cm³/mol. The zero-order valence-electron chi connectivity index (χ0n) is 6.27. The SMILES string of the molecule is OOCC(O)c1ccc(Br)cc1. The van der Waals surface area contributed by atoms with Crippen molar-refractivity contribution in [2.45, 2.75) is 6.10 Å². The van der Waals surface area contributed by atoms with Gasteiger partial charge < -0.3 is 5.11 Å². The van der Waals surface area contributed by atoms with Crippen molar-refractivity contribution >= 4 is 15.9 Å². The maximum atomic E-state index is 9.31. The number of rotatable bonds is 3. The van der Waals surface area contributed by atoms with Crippen LogP contribution in [0.5, 0.6) is 0 Å². The predicted octanol–water partition coefficient (Wildman–Crippen LogP) is 1.97. The van der Waals surface area contributed by atoms with Crippen molar-refractivity contribution < 1.29 is 15.3 Å². The average molecular weight is 233 g/mol. The van der Waals surface area contributed by atoms with E-state index in [9.17, 15) is 5.11 Å². The molecule has 0 saturated carbocycles. The van der Waals surface area contributed by atoms with Crippen LogP contribution >= 0.6 is 15.9 Å². The van der Waals surface area contributed by atoms with Crippen molar-refractivity contribution in [1.29, 1.82) is 0 Å². The van der Waals surface area contributed by atoms with E-state index in [0.29, 0.717) is 5.56 Å². The largest absolute Gasteiger partial charge is 0.386 e. The van der Waals surface area contributed by atoms with Crippen molar-refractivity contribution in [2.75, 3.05) is 6.61 Å². The second-order valence-electron chi connectivity index (χ2n) is 2.36. The van der Waals surface area contributed by atoms with Crippen molar-refractivity contribution in [3.8, 4) is 0 Å². The maximum absolute atomic E-state index is 9.31. The van der Waals surface area contributed by atoms with Crippen LogP contribution in [0.1, 0.15) is 11.7 Å². The van der Waals surface area contributed by atoms with Crippen LogP contribution in [0, 0.1) is 0 Å². The van der Waals surface area contributed by atoms with Gasteiger partial charge in [-0.1, -0.05) is 28.1 Å². The molecule has 1 aromatic rings. The zero-order valence-corrected chi connectivity index (χ0v) is 7.86. The van der Waals surface area contributed by atoms with Gasteiger partial charge in [-0.15, -0.1) is 0 Å². The van der Waals surface area contributed by atoms with Gasteiger partial charge in [0.05, 0.1) is 0 Å². The summed E-state index contributed by atoms with van der Waals surface area (Å²) in [6.07, 6.45) is -0.775. The van der Waals surface area contributed by atoms with E-state index in [1.807, 2.05) is 12.1 Å². The van der Waals surface area contributed by atoms with E-state index in [1.165, 1.54) is 0 Å². The molecule has 4 heteroatoms. The zero-order chi connectivity index (χ0) is 8.97. The molecule has 0 amide bonds. The highest BCUT2D eigenvalue weighted by atomic mass is 79.9. The number of hydrogen-bond donors (Lipinski definition) is 2. The number of hydrogen-bond acceptors (Lipinski definition) is 3. The van der Waals surface area contributed by atoms with Gasteiger partial charge in [0.25, 0.3) is 0 Å². The normalized spacial score (nSPS) is 12.9. The Labute approximate surface area is 78.7 Å². The highest BCUT2D eigenvalue weighted by Crippen LogP contribution is 2.16. The maximum Gasteiger partial charge on any atom is 0.112 e. The Hall–Kier alpha value is -0.420. The third kappa shape index (κ3) is 2.57.